The molecule has 4 rings (SSSR count). The van der Waals surface area contributed by atoms with Crippen molar-refractivity contribution >= 4 is 50.9 Å². The van der Waals surface area contributed by atoms with Crippen LogP contribution in [0.4, 0.5) is 0 Å². The minimum Gasteiger partial charge on any atom is -0.358 e. The molecule has 1 aliphatic rings. The maximum absolute atomic E-state index is 13.2. The molecule has 0 aromatic heterocycles. The minimum atomic E-state index is -4.04. The van der Waals surface area contributed by atoms with Gasteiger partial charge >= 0.3 is 5.97 Å². The van der Waals surface area contributed by atoms with Crippen LogP contribution in [0.2, 0.25) is 10.0 Å². The zero-order valence-electron chi connectivity index (χ0n) is 21.1. The molecule has 0 fully saturated rings. The van der Waals surface area contributed by atoms with Gasteiger partial charge in [0.2, 0.25) is 5.96 Å². The number of halogens is 2. The van der Waals surface area contributed by atoms with Crippen LogP contribution in [-0.4, -0.2) is 56.5 Å². The molecule has 3 aromatic carbocycles. The zero-order valence-corrected chi connectivity index (χ0v) is 23.4. The smallest absolute Gasteiger partial charge is 0.358 e. The third kappa shape index (κ3) is 6.52. The number of ether oxygens (including phenoxy) is 1. The number of aliphatic imine (C=N–C) groups is 1. The summed E-state index contributed by atoms with van der Waals surface area (Å²) in [5.41, 5.74) is 0.565. The van der Waals surface area contributed by atoms with Crippen LogP contribution in [0.15, 0.2) is 106 Å². The summed E-state index contributed by atoms with van der Waals surface area (Å²) in [7, 11) is -2.61. The van der Waals surface area contributed by atoms with Crippen molar-refractivity contribution in [3.05, 3.63) is 112 Å². The molecule has 0 radical (unpaired) electrons. The molecule has 2 N–H and O–H groups in total. The molecular weight excluding hydrogens is 579 g/mol. The molecule has 13 heteroatoms. The van der Waals surface area contributed by atoms with E-state index in [1.165, 1.54) is 42.4 Å². The van der Waals surface area contributed by atoms with Gasteiger partial charge in [-0.25, -0.2) is 22.9 Å². The lowest BCUT2D eigenvalue weighted by atomic mass is 9.85. The summed E-state index contributed by atoms with van der Waals surface area (Å²) in [4.78, 5) is 19.2. The summed E-state index contributed by atoms with van der Waals surface area (Å²) in [6.07, 6.45) is 2.40. The molecule has 0 amide bonds. The third-order valence-corrected chi connectivity index (χ3v) is 7.76. The molecule has 208 valence electrons. The van der Waals surface area contributed by atoms with Gasteiger partial charge in [-0.15, -0.1) is 0 Å². The number of nitrogens with zero attached hydrogens (tertiary/aromatic N) is 3. The Morgan fingerprint density at radius 1 is 1.07 bits per heavy atom. The third-order valence-electron chi connectivity index (χ3n) is 5.91. The van der Waals surface area contributed by atoms with Crippen molar-refractivity contribution in [2.75, 3.05) is 20.2 Å². The molecule has 10 nitrogen and oxygen atoms in total. The number of hydrazone groups is 1. The number of nitrogens with one attached hydrogen (secondary N) is 1. The first-order valence-corrected chi connectivity index (χ1v) is 14.0. The first-order valence-electron chi connectivity index (χ1n) is 11.8. The predicted octanol–water partition coefficient (Wildman–Crippen LogP) is 4.46. The highest BCUT2D eigenvalue weighted by atomic mass is 35.5. The fourth-order valence-corrected chi connectivity index (χ4v) is 5.35. The van der Waals surface area contributed by atoms with Gasteiger partial charge in [-0.2, -0.15) is 10.4 Å². The molecule has 1 aliphatic heterocycles. The van der Waals surface area contributed by atoms with E-state index in [2.05, 4.69) is 14.6 Å². The molecule has 40 heavy (non-hydrogen) atoms. The van der Waals surface area contributed by atoms with Crippen molar-refractivity contribution in [1.82, 2.24) is 9.73 Å². The Morgan fingerprint density at radius 3 is 2.30 bits per heavy atom. The lowest BCUT2D eigenvalue weighted by molar-refractivity contribution is -0.228. The minimum absolute atomic E-state index is 0.00868. The fraction of sp³-hybridized carbons (Fsp3) is 0.148. The van der Waals surface area contributed by atoms with Crippen molar-refractivity contribution in [2.24, 2.45) is 10.1 Å². The van der Waals surface area contributed by atoms with Gasteiger partial charge < -0.3 is 4.74 Å². The number of hydrogen-bond acceptors (Lipinski definition) is 8. The highest BCUT2D eigenvalue weighted by molar-refractivity contribution is 7.90. The van der Waals surface area contributed by atoms with E-state index in [0.717, 1.165) is 6.08 Å². The predicted molar refractivity (Wildman–Crippen MR) is 152 cm³/mol. The van der Waals surface area contributed by atoms with Crippen LogP contribution >= 0.6 is 23.2 Å². The summed E-state index contributed by atoms with van der Waals surface area (Å²) in [6, 6.07) is 21.9. The SMILES string of the molecule is CN=C(NS(=O)(=O)c1ccc(Cl)cc1)N1CC(OCC=CC(=O)OO)(c2ccccc2)C(c2ccc(Cl)cc2)=N1. The van der Waals surface area contributed by atoms with Gasteiger partial charge in [-0.1, -0.05) is 71.7 Å². The quantitative estimate of drug-likeness (QED) is 0.128. The number of carbonyl (C=O) groups is 1. The number of sulfonamides is 1. The summed E-state index contributed by atoms with van der Waals surface area (Å²) < 4.78 is 35.2. The first kappa shape index (κ1) is 29.2. The van der Waals surface area contributed by atoms with Crippen molar-refractivity contribution in [3.63, 3.8) is 0 Å². The number of hydrogen-bond donors (Lipinski definition) is 2. The maximum Gasteiger partial charge on any atom is 0.365 e. The van der Waals surface area contributed by atoms with Crippen LogP contribution in [0.5, 0.6) is 0 Å². The lowest BCUT2D eigenvalue weighted by Gasteiger charge is -2.32. The highest BCUT2D eigenvalue weighted by Crippen LogP contribution is 2.37. The highest BCUT2D eigenvalue weighted by Gasteiger charge is 2.47. The lowest BCUT2D eigenvalue weighted by Crippen LogP contribution is -2.46. The van der Waals surface area contributed by atoms with Crippen LogP contribution in [0.3, 0.4) is 0 Å². The van der Waals surface area contributed by atoms with Crippen LogP contribution in [0.25, 0.3) is 0 Å². The molecule has 1 unspecified atom stereocenters. The van der Waals surface area contributed by atoms with Gasteiger partial charge in [0.1, 0.15) is 5.71 Å². The van der Waals surface area contributed by atoms with E-state index in [9.17, 15) is 13.2 Å². The Labute approximate surface area is 241 Å². The molecule has 1 atom stereocenters. The molecular formula is C27H24Cl2N4O6S. The number of carbonyl (C=O) groups excluding carboxylic acids is 1. The number of guanidine groups is 1. The molecule has 0 saturated heterocycles. The van der Waals surface area contributed by atoms with E-state index in [4.69, 9.17) is 38.3 Å². The van der Waals surface area contributed by atoms with Crippen molar-refractivity contribution in [1.29, 1.82) is 0 Å². The van der Waals surface area contributed by atoms with E-state index < -0.39 is 21.6 Å². The molecule has 0 saturated carbocycles. The van der Waals surface area contributed by atoms with Gasteiger partial charge in [0.25, 0.3) is 10.0 Å². The van der Waals surface area contributed by atoms with E-state index in [1.54, 1.807) is 24.3 Å². The largest absolute Gasteiger partial charge is 0.365 e. The average molecular weight is 603 g/mol. The second-order valence-corrected chi connectivity index (χ2v) is 11.0. The van der Waals surface area contributed by atoms with Crippen LogP contribution in [-0.2, 0) is 30.0 Å². The van der Waals surface area contributed by atoms with E-state index in [-0.39, 0.29) is 24.0 Å². The van der Waals surface area contributed by atoms with E-state index in [1.807, 2.05) is 30.3 Å². The van der Waals surface area contributed by atoms with Crippen LogP contribution in [0, 0.1) is 0 Å². The summed E-state index contributed by atoms with van der Waals surface area (Å²) in [5, 5.41) is 15.6. The fourth-order valence-electron chi connectivity index (χ4n) is 4.05. The molecule has 0 aliphatic carbocycles. The summed E-state index contributed by atoms with van der Waals surface area (Å²) >= 11 is 12.1. The normalized spacial score (nSPS) is 17.6. The molecule has 0 bridgehead atoms. The Bertz CT molecular complexity index is 1550. The Morgan fingerprint density at radius 2 is 1.70 bits per heavy atom. The monoisotopic (exact) mass is 602 g/mol. The number of rotatable bonds is 8. The summed E-state index contributed by atoms with van der Waals surface area (Å²) in [5.74, 6) is -1.02. The number of benzene rings is 3. The summed E-state index contributed by atoms with van der Waals surface area (Å²) in [6.45, 7) is -0.0668. The van der Waals surface area contributed by atoms with Crippen molar-refractivity contribution < 1.29 is 28.1 Å². The van der Waals surface area contributed by atoms with Gasteiger partial charge in [0.15, 0.2) is 5.60 Å². The second-order valence-electron chi connectivity index (χ2n) is 8.44. The van der Waals surface area contributed by atoms with Gasteiger partial charge in [-0.3, -0.25) is 9.88 Å². The standard InChI is InChI=1S/C27H24Cl2N4O6S/c1-30-26(32-40(36,37)23-15-13-22(29)14-16-23)33-18-27(20-6-3-2-4-7-20,38-17-5-8-24(34)39-35)25(31-33)19-9-11-21(28)12-10-19/h2-16,35H,17-18H2,1H3,(H,30,32). The van der Waals surface area contributed by atoms with Crippen molar-refractivity contribution in [3.8, 4) is 0 Å². The van der Waals surface area contributed by atoms with Gasteiger partial charge in [0, 0.05) is 28.7 Å². The van der Waals surface area contributed by atoms with Crippen molar-refractivity contribution in [2.45, 2.75) is 10.5 Å². The topological polar surface area (TPSA) is 130 Å². The molecule has 1 heterocycles. The van der Waals surface area contributed by atoms with Gasteiger partial charge in [-0.05, 0) is 42.0 Å². The van der Waals surface area contributed by atoms with E-state index >= 15 is 0 Å². The first-order chi connectivity index (χ1) is 19.2. The van der Waals surface area contributed by atoms with Gasteiger partial charge in [0.05, 0.1) is 18.0 Å². The maximum atomic E-state index is 13.2. The average Bonchev–Trinajstić information content (AvgIpc) is 3.35. The van der Waals surface area contributed by atoms with E-state index in [0.29, 0.717) is 26.9 Å². The molecule has 3 aromatic rings. The Balaban J connectivity index is 1.77. The Hall–Kier alpha value is -3.74. The second kappa shape index (κ2) is 12.6. The van der Waals surface area contributed by atoms with Crippen LogP contribution in [0.1, 0.15) is 11.1 Å². The molecule has 0 spiro atoms. The zero-order chi connectivity index (χ0) is 28.8. The Kier molecular flexibility index (Phi) is 9.23. The van der Waals surface area contributed by atoms with Crippen LogP contribution < -0.4 is 4.72 Å².